The minimum atomic E-state index is -0.484. The number of carbonyl (C=O) groups is 2. The van der Waals surface area contributed by atoms with Crippen LogP contribution in [0.3, 0.4) is 0 Å². The van der Waals surface area contributed by atoms with Crippen molar-refractivity contribution >= 4 is 23.4 Å². The van der Waals surface area contributed by atoms with E-state index >= 15 is 0 Å². The van der Waals surface area contributed by atoms with Crippen LogP contribution in [0.5, 0.6) is 0 Å². The molecule has 1 aliphatic rings. The zero-order chi connectivity index (χ0) is 21.1. The third-order valence-electron chi connectivity index (χ3n) is 5.09. The lowest BCUT2D eigenvalue weighted by Crippen LogP contribution is -2.51. The van der Waals surface area contributed by atoms with Gasteiger partial charge in [0, 0.05) is 32.4 Å². The summed E-state index contributed by atoms with van der Waals surface area (Å²) in [5, 5.41) is 4.41. The Morgan fingerprint density at radius 2 is 1.70 bits per heavy atom. The first kappa shape index (κ1) is 20.1. The van der Waals surface area contributed by atoms with E-state index in [1.54, 1.807) is 20.7 Å². The average molecular weight is 427 g/mol. The lowest BCUT2D eigenvalue weighted by Gasteiger charge is -2.35. The first-order valence-electron chi connectivity index (χ1n) is 9.62. The summed E-state index contributed by atoms with van der Waals surface area (Å²) in [6.45, 7) is 1.69. The predicted molar refractivity (Wildman–Crippen MR) is 111 cm³/mol. The van der Waals surface area contributed by atoms with Gasteiger partial charge in [-0.3, -0.25) is 9.59 Å². The summed E-state index contributed by atoms with van der Waals surface area (Å²) < 4.78 is 15.0. The topological polar surface area (TPSA) is 58.4 Å². The van der Waals surface area contributed by atoms with Crippen LogP contribution >= 0.6 is 11.6 Å². The van der Waals surface area contributed by atoms with Crippen molar-refractivity contribution in [3.05, 3.63) is 82.9 Å². The first-order valence-corrected chi connectivity index (χ1v) is 10.00. The van der Waals surface area contributed by atoms with Crippen LogP contribution in [0, 0.1) is 5.82 Å². The lowest BCUT2D eigenvalue weighted by atomic mass is 10.1. The highest BCUT2D eigenvalue weighted by Crippen LogP contribution is 2.20. The second-order valence-electron chi connectivity index (χ2n) is 7.10. The van der Waals surface area contributed by atoms with E-state index < -0.39 is 5.82 Å². The van der Waals surface area contributed by atoms with Crippen LogP contribution in [-0.2, 0) is 11.2 Å². The standard InChI is InChI=1S/C22H20ClFN4O2/c23-20-13-17(24)6-7-19(20)22(30)27-10-8-26(9-11-27)21(29)12-16-14-25-28(15-16)18-4-2-1-3-5-18/h1-7,13-15H,8-12H2. The Balaban J connectivity index is 1.33. The van der Waals surface area contributed by atoms with E-state index in [1.165, 1.54) is 12.1 Å². The average Bonchev–Trinajstić information content (AvgIpc) is 3.22. The van der Waals surface area contributed by atoms with Crippen molar-refractivity contribution in [1.29, 1.82) is 0 Å². The lowest BCUT2D eigenvalue weighted by molar-refractivity contribution is -0.131. The third kappa shape index (κ3) is 4.36. The molecule has 1 aromatic heterocycles. The second kappa shape index (κ2) is 8.67. The maximum absolute atomic E-state index is 13.2. The number of halogens is 2. The van der Waals surface area contributed by atoms with E-state index in [4.69, 9.17) is 11.6 Å². The van der Waals surface area contributed by atoms with Gasteiger partial charge in [-0.05, 0) is 35.9 Å². The van der Waals surface area contributed by atoms with Gasteiger partial charge in [0.05, 0.1) is 28.9 Å². The molecule has 4 rings (SSSR count). The van der Waals surface area contributed by atoms with Crippen molar-refractivity contribution in [3.63, 3.8) is 0 Å². The van der Waals surface area contributed by atoms with Crippen LogP contribution in [0.1, 0.15) is 15.9 Å². The third-order valence-corrected chi connectivity index (χ3v) is 5.41. The first-order chi connectivity index (χ1) is 14.5. The van der Waals surface area contributed by atoms with E-state index in [0.717, 1.165) is 17.3 Å². The number of piperazine rings is 1. The number of hydrogen-bond donors (Lipinski definition) is 0. The fraction of sp³-hybridized carbons (Fsp3) is 0.227. The van der Waals surface area contributed by atoms with Crippen LogP contribution in [-0.4, -0.2) is 57.6 Å². The molecule has 0 saturated carbocycles. The van der Waals surface area contributed by atoms with Crippen molar-refractivity contribution in [1.82, 2.24) is 19.6 Å². The molecule has 0 bridgehead atoms. The molecule has 1 fully saturated rings. The van der Waals surface area contributed by atoms with Crippen LogP contribution in [0.25, 0.3) is 5.69 Å². The highest BCUT2D eigenvalue weighted by Gasteiger charge is 2.26. The van der Waals surface area contributed by atoms with E-state index in [-0.39, 0.29) is 28.8 Å². The van der Waals surface area contributed by atoms with Crippen LogP contribution in [0.4, 0.5) is 4.39 Å². The maximum Gasteiger partial charge on any atom is 0.255 e. The molecule has 30 heavy (non-hydrogen) atoms. The van der Waals surface area contributed by atoms with Gasteiger partial charge in [-0.2, -0.15) is 5.10 Å². The number of para-hydroxylation sites is 1. The minimum absolute atomic E-state index is 0.00507. The molecule has 154 valence electrons. The molecule has 2 aromatic carbocycles. The number of nitrogens with zero attached hydrogens (tertiary/aromatic N) is 4. The van der Waals surface area contributed by atoms with Crippen LogP contribution in [0.15, 0.2) is 60.9 Å². The van der Waals surface area contributed by atoms with Gasteiger partial charge < -0.3 is 9.80 Å². The fourth-order valence-corrected chi connectivity index (χ4v) is 3.70. The maximum atomic E-state index is 13.2. The minimum Gasteiger partial charge on any atom is -0.339 e. The number of benzene rings is 2. The molecule has 0 aliphatic carbocycles. The summed E-state index contributed by atoms with van der Waals surface area (Å²) in [6.07, 6.45) is 3.80. The van der Waals surface area contributed by atoms with E-state index in [9.17, 15) is 14.0 Å². The van der Waals surface area contributed by atoms with Gasteiger partial charge in [-0.1, -0.05) is 29.8 Å². The largest absolute Gasteiger partial charge is 0.339 e. The Morgan fingerprint density at radius 1 is 1.00 bits per heavy atom. The highest BCUT2D eigenvalue weighted by atomic mass is 35.5. The SMILES string of the molecule is O=C(Cc1cnn(-c2ccccc2)c1)N1CCN(C(=O)c2ccc(F)cc2Cl)CC1. The molecular formula is C22H20ClFN4O2. The molecule has 3 aromatic rings. The second-order valence-corrected chi connectivity index (χ2v) is 7.51. The smallest absolute Gasteiger partial charge is 0.255 e. The summed E-state index contributed by atoms with van der Waals surface area (Å²) in [5.41, 5.74) is 2.04. The Hall–Kier alpha value is -3.19. The molecule has 8 heteroatoms. The summed E-state index contributed by atoms with van der Waals surface area (Å²) in [6, 6.07) is 13.4. The van der Waals surface area contributed by atoms with Crippen LogP contribution < -0.4 is 0 Å². The van der Waals surface area contributed by atoms with Crippen molar-refractivity contribution in [2.45, 2.75) is 6.42 Å². The Labute approximate surface area is 178 Å². The van der Waals surface area contributed by atoms with Gasteiger partial charge in [-0.25, -0.2) is 9.07 Å². The van der Waals surface area contributed by atoms with Crippen molar-refractivity contribution in [2.75, 3.05) is 26.2 Å². The molecule has 1 aliphatic heterocycles. The monoisotopic (exact) mass is 426 g/mol. The zero-order valence-electron chi connectivity index (χ0n) is 16.2. The molecule has 1 saturated heterocycles. The summed E-state index contributed by atoms with van der Waals surface area (Å²) >= 11 is 6.00. The van der Waals surface area contributed by atoms with Crippen LogP contribution in [0.2, 0.25) is 5.02 Å². The normalized spacial score (nSPS) is 14.1. The molecule has 0 radical (unpaired) electrons. The summed E-state index contributed by atoms with van der Waals surface area (Å²) in [4.78, 5) is 28.7. The van der Waals surface area contributed by atoms with Crippen molar-refractivity contribution < 1.29 is 14.0 Å². The zero-order valence-corrected chi connectivity index (χ0v) is 16.9. The molecule has 0 N–H and O–H groups in total. The molecule has 0 unspecified atom stereocenters. The summed E-state index contributed by atoms with van der Waals surface area (Å²) in [7, 11) is 0. The molecule has 2 amide bonds. The van der Waals surface area contributed by atoms with Crippen molar-refractivity contribution in [3.8, 4) is 5.69 Å². The number of amides is 2. The molecule has 6 nitrogen and oxygen atoms in total. The van der Waals surface area contributed by atoms with Gasteiger partial charge in [0.15, 0.2) is 0 Å². The van der Waals surface area contributed by atoms with Gasteiger partial charge in [-0.15, -0.1) is 0 Å². The molecular weight excluding hydrogens is 407 g/mol. The van der Waals surface area contributed by atoms with E-state index in [2.05, 4.69) is 5.10 Å². The highest BCUT2D eigenvalue weighted by molar-refractivity contribution is 6.33. The van der Waals surface area contributed by atoms with Gasteiger partial charge in [0.25, 0.3) is 5.91 Å². The van der Waals surface area contributed by atoms with Gasteiger partial charge in [0.1, 0.15) is 5.82 Å². The summed E-state index contributed by atoms with van der Waals surface area (Å²) in [5.74, 6) is -0.742. The quantitative estimate of drug-likeness (QED) is 0.643. The predicted octanol–water partition coefficient (Wildman–Crippen LogP) is 3.19. The molecule has 0 atom stereocenters. The van der Waals surface area contributed by atoms with Gasteiger partial charge in [0.2, 0.25) is 5.91 Å². The molecule has 0 spiro atoms. The number of aromatic nitrogens is 2. The Morgan fingerprint density at radius 3 is 2.40 bits per heavy atom. The van der Waals surface area contributed by atoms with Crippen molar-refractivity contribution in [2.24, 2.45) is 0 Å². The number of carbonyl (C=O) groups excluding carboxylic acids is 2. The fourth-order valence-electron chi connectivity index (χ4n) is 3.45. The van der Waals surface area contributed by atoms with Gasteiger partial charge >= 0.3 is 0 Å². The van der Waals surface area contributed by atoms with E-state index in [0.29, 0.717) is 26.2 Å². The number of hydrogen-bond acceptors (Lipinski definition) is 3. The number of rotatable bonds is 4. The Bertz CT molecular complexity index is 1060. The van der Waals surface area contributed by atoms with E-state index in [1.807, 2.05) is 36.5 Å². The Kier molecular flexibility index (Phi) is 5.81. The molecule has 2 heterocycles.